The molecule has 0 amide bonds. The van der Waals surface area contributed by atoms with Crippen molar-refractivity contribution in [2.75, 3.05) is 0 Å². The molecule has 2 aromatic carbocycles. The minimum absolute atomic E-state index is 0.128. The highest BCUT2D eigenvalue weighted by molar-refractivity contribution is 7.16. The molecule has 0 saturated heterocycles. The summed E-state index contributed by atoms with van der Waals surface area (Å²) in [6.45, 7) is 0. The van der Waals surface area contributed by atoms with Crippen LogP contribution < -0.4 is 4.87 Å². The summed E-state index contributed by atoms with van der Waals surface area (Å²) in [6.07, 6.45) is 0. The van der Waals surface area contributed by atoms with Gasteiger partial charge in [0, 0.05) is 17.7 Å². The van der Waals surface area contributed by atoms with E-state index in [0.717, 1.165) is 15.9 Å². The van der Waals surface area contributed by atoms with Crippen LogP contribution in [0, 0.1) is 10.1 Å². The molecule has 1 aromatic heterocycles. The molecule has 0 N–H and O–H groups in total. The Kier molecular flexibility index (Phi) is 3.51. The summed E-state index contributed by atoms with van der Waals surface area (Å²) in [4.78, 5) is 34.2. The monoisotopic (exact) mass is 334 g/mol. The first-order valence-corrected chi connectivity index (χ1v) is 7.27. The molecule has 6 nitrogen and oxygen atoms in total. The van der Waals surface area contributed by atoms with Gasteiger partial charge in [0.1, 0.15) is 0 Å². The van der Waals surface area contributed by atoms with Crippen molar-refractivity contribution in [1.29, 1.82) is 0 Å². The number of hydrogen-bond acceptors (Lipinski definition) is 5. The second-order valence-electron chi connectivity index (χ2n) is 4.40. The summed E-state index contributed by atoms with van der Waals surface area (Å²) in [5.41, 5.74) is 0.395. The molecule has 0 aliphatic heterocycles. The molecule has 0 aliphatic carbocycles. The van der Waals surface area contributed by atoms with Crippen molar-refractivity contribution in [1.82, 2.24) is 4.57 Å². The number of para-hydroxylation sites is 1. The molecule has 3 rings (SSSR count). The van der Waals surface area contributed by atoms with Crippen LogP contribution in [0.25, 0.3) is 10.2 Å². The Hall–Kier alpha value is -2.51. The molecule has 0 atom stereocenters. The molecule has 0 fully saturated rings. The van der Waals surface area contributed by atoms with Gasteiger partial charge in [-0.05, 0) is 24.3 Å². The highest BCUT2D eigenvalue weighted by Gasteiger charge is 2.19. The van der Waals surface area contributed by atoms with Crippen LogP contribution in [-0.4, -0.2) is 15.4 Å². The number of carbonyl (C=O) groups is 1. The van der Waals surface area contributed by atoms with Crippen LogP contribution >= 0.6 is 22.9 Å². The van der Waals surface area contributed by atoms with Crippen molar-refractivity contribution < 1.29 is 9.72 Å². The molecule has 0 unspecified atom stereocenters. The zero-order valence-corrected chi connectivity index (χ0v) is 12.4. The number of nitro groups is 1. The number of fused-ring (bicyclic) bond motifs is 1. The van der Waals surface area contributed by atoms with E-state index in [0.29, 0.717) is 15.2 Å². The average Bonchev–Trinajstić information content (AvgIpc) is 2.84. The third-order valence-corrected chi connectivity index (χ3v) is 4.29. The number of rotatable bonds is 2. The molecule has 110 valence electrons. The molecule has 0 spiro atoms. The molecule has 0 aliphatic rings. The number of aromatic nitrogens is 1. The number of nitrogens with zero attached hydrogens (tertiary/aromatic N) is 2. The van der Waals surface area contributed by atoms with Gasteiger partial charge in [0.25, 0.3) is 11.6 Å². The summed E-state index contributed by atoms with van der Waals surface area (Å²) in [5.74, 6) is -0.570. The third kappa shape index (κ3) is 2.30. The molecule has 3 aromatic rings. The van der Waals surface area contributed by atoms with Crippen molar-refractivity contribution in [3.05, 3.63) is 72.8 Å². The van der Waals surface area contributed by atoms with Crippen LogP contribution in [0.1, 0.15) is 10.4 Å². The summed E-state index contributed by atoms with van der Waals surface area (Å²) in [6, 6.07) is 10.0. The molecule has 22 heavy (non-hydrogen) atoms. The first kappa shape index (κ1) is 14.4. The number of benzene rings is 2. The van der Waals surface area contributed by atoms with Crippen molar-refractivity contribution in [3.63, 3.8) is 0 Å². The van der Waals surface area contributed by atoms with E-state index in [9.17, 15) is 19.7 Å². The van der Waals surface area contributed by atoms with E-state index >= 15 is 0 Å². The van der Waals surface area contributed by atoms with Crippen LogP contribution in [-0.2, 0) is 0 Å². The fourth-order valence-electron chi connectivity index (χ4n) is 2.07. The van der Waals surface area contributed by atoms with Gasteiger partial charge in [-0.25, -0.2) is 4.57 Å². The summed E-state index contributed by atoms with van der Waals surface area (Å²) >= 11 is 7.00. The largest absolute Gasteiger partial charge is 0.315 e. The summed E-state index contributed by atoms with van der Waals surface area (Å²) in [7, 11) is 0. The topological polar surface area (TPSA) is 82.2 Å². The van der Waals surface area contributed by atoms with Gasteiger partial charge in [0.15, 0.2) is 0 Å². The maximum absolute atomic E-state index is 12.5. The zero-order valence-electron chi connectivity index (χ0n) is 10.9. The lowest BCUT2D eigenvalue weighted by molar-refractivity contribution is -0.384. The van der Waals surface area contributed by atoms with E-state index in [-0.39, 0.29) is 11.3 Å². The third-order valence-electron chi connectivity index (χ3n) is 3.08. The smallest absolute Gasteiger partial charge is 0.268 e. The molecular formula is C14H7ClN2O4S. The van der Waals surface area contributed by atoms with Gasteiger partial charge in [-0.1, -0.05) is 29.0 Å². The normalized spacial score (nSPS) is 10.8. The molecule has 0 saturated carbocycles. The lowest BCUT2D eigenvalue weighted by Gasteiger charge is -2.03. The Bertz CT molecular complexity index is 959. The highest BCUT2D eigenvalue weighted by atomic mass is 35.5. The number of halogens is 1. The lowest BCUT2D eigenvalue weighted by Crippen LogP contribution is -2.22. The van der Waals surface area contributed by atoms with Crippen molar-refractivity contribution in [3.8, 4) is 0 Å². The predicted molar refractivity (Wildman–Crippen MR) is 83.9 cm³/mol. The van der Waals surface area contributed by atoms with Crippen LogP contribution in [0.15, 0.2) is 47.3 Å². The molecular weight excluding hydrogens is 328 g/mol. The van der Waals surface area contributed by atoms with Crippen LogP contribution in [0.4, 0.5) is 5.69 Å². The lowest BCUT2D eigenvalue weighted by atomic mass is 10.2. The Morgan fingerprint density at radius 1 is 1.18 bits per heavy atom. The van der Waals surface area contributed by atoms with Gasteiger partial charge in [-0.15, -0.1) is 0 Å². The fourth-order valence-corrected chi connectivity index (χ4v) is 3.28. The maximum Gasteiger partial charge on any atom is 0.315 e. The van der Waals surface area contributed by atoms with Crippen molar-refractivity contribution in [2.45, 2.75) is 0 Å². The zero-order chi connectivity index (χ0) is 15.9. The Morgan fingerprint density at radius 3 is 2.50 bits per heavy atom. The Labute approximate surface area is 132 Å². The standard InChI is InChI=1S/C14H7ClN2O4S/c15-10-2-1-3-11-12(10)16(14(19)22-11)13(18)8-4-6-9(7-5-8)17(20)21/h1-7H. The molecule has 0 bridgehead atoms. The van der Waals surface area contributed by atoms with Crippen molar-refractivity contribution in [2.24, 2.45) is 0 Å². The Morgan fingerprint density at radius 2 is 1.86 bits per heavy atom. The van der Waals surface area contributed by atoms with Crippen LogP contribution in [0.2, 0.25) is 5.02 Å². The van der Waals surface area contributed by atoms with Gasteiger partial charge >= 0.3 is 4.87 Å². The summed E-state index contributed by atoms with van der Waals surface area (Å²) in [5, 5.41) is 10.9. The highest BCUT2D eigenvalue weighted by Crippen LogP contribution is 2.26. The second-order valence-corrected chi connectivity index (χ2v) is 5.80. The first-order valence-electron chi connectivity index (χ1n) is 6.08. The van der Waals surface area contributed by atoms with E-state index in [2.05, 4.69) is 0 Å². The van der Waals surface area contributed by atoms with Gasteiger partial charge < -0.3 is 0 Å². The van der Waals surface area contributed by atoms with E-state index in [1.165, 1.54) is 24.3 Å². The second kappa shape index (κ2) is 5.36. The van der Waals surface area contributed by atoms with Gasteiger partial charge in [0.05, 0.1) is 20.2 Å². The van der Waals surface area contributed by atoms with Crippen molar-refractivity contribution >= 4 is 44.7 Å². The van der Waals surface area contributed by atoms with Gasteiger partial charge in [-0.3, -0.25) is 19.7 Å². The molecule has 1 heterocycles. The minimum atomic E-state index is -0.570. The number of carbonyl (C=O) groups excluding carboxylic acids is 1. The molecule has 8 heteroatoms. The number of thiazole rings is 1. The Balaban J connectivity index is 2.15. The fraction of sp³-hybridized carbons (Fsp3) is 0. The molecule has 0 radical (unpaired) electrons. The number of nitro benzene ring substituents is 1. The van der Waals surface area contributed by atoms with Gasteiger partial charge in [-0.2, -0.15) is 0 Å². The number of non-ortho nitro benzene ring substituents is 1. The maximum atomic E-state index is 12.5. The SMILES string of the molecule is O=C(c1ccc([N+](=O)[O-])cc1)n1c(=O)sc2cccc(Cl)c21. The quantitative estimate of drug-likeness (QED) is 0.531. The minimum Gasteiger partial charge on any atom is -0.268 e. The van der Waals surface area contributed by atoms with Gasteiger partial charge in [0.2, 0.25) is 0 Å². The van der Waals surface area contributed by atoms with E-state index in [1.807, 2.05) is 0 Å². The van der Waals surface area contributed by atoms with E-state index in [4.69, 9.17) is 11.6 Å². The van der Waals surface area contributed by atoms with E-state index < -0.39 is 15.7 Å². The van der Waals surface area contributed by atoms with Crippen LogP contribution in [0.3, 0.4) is 0 Å². The predicted octanol–water partition coefficient (Wildman–Crippen LogP) is 3.31. The summed E-state index contributed by atoms with van der Waals surface area (Å²) < 4.78 is 1.59. The van der Waals surface area contributed by atoms with E-state index in [1.54, 1.807) is 18.2 Å². The van der Waals surface area contributed by atoms with Crippen LogP contribution in [0.5, 0.6) is 0 Å². The first-order chi connectivity index (χ1) is 10.5. The average molecular weight is 335 g/mol. The number of hydrogen-bond donors (Lipinski definition) is 0.